The van der Waals surface area contributed by atoms with Gasteiger partial charge in [-0.05, 0) is 44.5 Å². The summed E-state index contributed by atoms with van der Waals surface area (Å²) in [6, 6.07) is 17.0. The molecule has 2 aromatic heterocycles. The average Bonchev–Trinajstić information content (AvgIpc) is 3.48. The summed E-state index contributed by atoms with van der Waals surface area (Å²) in [5, 5.41) is 0.426. The summed E-state index contributed by atoms with van der Waals surface area (Å²) in [6.45, 7) is 5.16. The molecule has 1 aliphatic heterocycles. The van der Waals surface area contributed by atoms with E-state index in [0.717, 1.165) is 5.56 Å². The lowest BCUT2D eigenvalue weighted by atomic mass is 9.96. The zero-order valence-corrected chi connectivity index (χ0v) is 22.4. The summed E-state index contributed by atoms with van der Waals surface area (Å²) >= 11 is 7.74. The van der Waals surface area contributed by atoms with Gasteiger partial charge >= 0.3 is 5.97 Å². The molecule has 0 radical (unpaired) electrons. The number of aromatic nitrogens is 1. The minimum atomic E-state index is -0.784. The molecule has 0 aliphatic carbocycles. The Morgan fingerprint density at radius 1 is 1.13 bits per heavy atom. The van der Waals surface area contributed by atoms with E-state index in [1.165, 1.54) is 22.8 Å². The van der Waals surface area contributed by atoms with Crippen LogP contribution in [0.5, 0.6) is 0 Å². The van der Waals surface area contributed by atoms with Gasteiger partial charge in [-0.2, -0.15) is 0 Å². The van der Waals surface area contributed by atoms with E-state index in [1.807, 2.05) is 18.2 Å². The lowest BCUT2D eigenvalue weighted by Crippen LogP contribution is -2.40. The number of furan rings is 1. The lowest BCUT2D eigenvalue weighted by Gasteiger charge is -2.25. The Morgan fingerprint density at radius 3 is 2.55 bits per heavy atom. The molecule has 38 heavy (non-hydrogen) atoms. The average molecular weight is 547 g/mol. The molecule has 0 fully saturated rings. The Bertz CT molecular complexity index is 1780. The van der Waals surface area contributed by atoms with Crippen molar-refractivity contribution < 1.29 is 18.7 Å². The number of hydrogen-bond acceptors (Lipinski definition) is 7. The van der Waals surface area contributed by atoms with Gasteiger partial charge in [0.1, 0.15) is 17.6 Å². The van der Waals surface area contributed by atoms with Crippen molar-refractivity contribution in [2.75, 3.05) is 6.61 Å². The zero-order chi connectivity index (χ0) is 27.0. The Balaban J connectivity index is 1.61. The fraction of sp³-hybridized carbons (Fsp3) is 0.172. The van der Waals surface area contributed by atoms with Crippen LogP contribution in [0.15, 0.2) is 86.1 Å². The lowest BCUT2D eigenvalue weighted by molar-refractivity contribution is -0.139. The van der Waals surface area contributed by atoms with E-state index in [-0.39, 0.29) is 23.5 Å². The Kier molecular flexibility index (Phi) is 7.01. The molecule has 3 heterocycles. The van der Waals surface area contributed by atoms with Gasteiger partial charge in [-0.25, -0.2) is 9.79 Å². The maximum Gasteiger partial charge on any atom is 0.338 e. The Morgan fingerprint density at radius 2 is 1.87 bits per heavy atom. The largest absolute Gasteiger partial charge is 0.463 e. The molecule has 0 saturated carbocycles. The number of halogens is 1. The van der Waals surface area contributed by atoms with E-state index in [4.69, 9.17) is 20.8 Å². The minimum Gasteiger partial charge on any atom is -0.463 e. The first kappa shape index (κ1) is 25.6. The van der Waals surface area contributed by atoms with Crippen molar-refractivity contribution in [3.8, 4) is 11.3 Å². The van der Waals surface area contributed by atoms with Gasteiger partial charge < -0.3 is 9.15 Å². The summed E-state index contributed by atoms with van der Waals surface area (Å²) in [5.74, 6) is 0.535. The van der Waals surface area contributed by atoms with E-state index in [9.17, 15) is 14.4 Å². The van der Waals surface area contributed by atoms with Crippen molar-refractivity contribution in [3.63, 3.8) is 0 Å². The number of thiazole rings is 1. The Labute approximate surface area is 227 Å². The molecule has 2 aromatic carbocycles. The standard InChI is InChI=1S/C29H23ClN2O5S/c1-4-36-28(35)25-16(2)31-29-32(26(25)21-7-5-6-8-22(21)30)27(34)24(38-29)15-20-13-14-23(37-20)19-11-9-18(10-12-19)17(3)33/h5-15,26H,4H2,1-3H3/b24-15-. The molecular formula is C29H23ClN2O5S. The quantitative estimate of drug-likeness (QED) is 0.253. The monoisotopic (exact) mass is 546 g/mol. The van der Waals surface area contributed by atoms with Gasteiger partial charge in [-0.1, -0.05) is 65.4 Å². The fourth-order valence-corrected chi connectivity index (χ4v) is 5.63. The molecule has 0 N–H and O–H groups in total. The molecule has 7 nitrogen and oxygen atoms in total. The van der Waals surface area contributed by atoms with Crippen LogP contribution < -0.4 is 14.9 Å². The molecule has 9 heteroatoms. The van der Waals surface area contributed by atoms with Crippen LogP contribution in [0.4, 0.5) is 0 Å². The molecule has 4 aromatic rings. The summed E-state index contributed by atoms with van der Waals surface area (Å²) in [6.07, 6.45) is 1.66. The molecule has 5 rings (SSSR count). The summed E-state index contributed by atoms with van der Waals surface area (Å²) in [5.41, 5.74) is 2.45. The highest BCUT2D eigenvalue weighted by Crippen LogP contribution is 2.34. The van der Waals surface area contributed by atoms with Gasteiger partial charge in [-0.3, -0.25) is 14.2 Å². The van der Waals surface area contributed by atoms with E-state index in [2.05, 4.69) is 4.99 Å². The number of fused-ring (bicyclic) bond motifs is 1. The number of benzene rings is 2. The predicted molar refractivity (Wildman–Crippen MR) is 146 cm³/mol. The van der Waals surface area contributed by atoms with Crippen LogP contribution in [-0.2, 0) is 9.53 Å². The third-order valence-corrected chi connectivity index (χ3v) is 7.52. The van der Waals surface area contributed by atoms with Crippen molar-refractivity contribution in [2.45, 2.75) is 26.8 Å². The van der Waals surface area contributed by atoms with Crippen molar-refractivity contribution >= 4 is 40.8 Å². The van der Waals surface area contributed by atoms with Crippen molar-refractivity contribution in [3.05, 3.63) is 114 Å². The number of esters is 1. The number of nitrogens with zero attached hydrogens (tertiary/aromatic N) is 2. The number of allylic oxidation sites excluding steroid dienone is 1. The zero-order valence-electron chi connectivity index (χ0n) is 20.9. The van der Waals surface area contributed by atoms with Crippen LogP contribution in [-0.4, -0.2) is 22.9 Å². The second kappa shape index (κ2) is 10.4. The molecule has 0 saturated heterocycles. The Hall–Kier alpha value is -4.01. The first-order valence-electron chi connectivity index (χ1n) is 11.9. The van der Waals surface area contributed by atoms with E-state index in [0.29, 0.717) is 42.7 Å². The molecule has 0 amide bonds. The van der Waals surface area contributed by atoms with Gasteiger partial charge in [0.15, 0.2) is 10.6 Å². The molecule has 0 bridgehead atoms. The van der Waals surface area contributed by atoms with Crippen LogP contribution in [0.1, 0.15) is 48.5 Å². The number of ketones is 1. The smallest absolute Gasteiger partial charge is 0.338 e. The normalized spacial score (nSPS) is 15.3. The van der Waals surface area contributed by atoms with Crippen LogP contribution in [0.25, 0.3) is 17.4 Å². The predicted octanol–water partition coefficient (Wildman–Crippen LogP) is 4.91. The van der Waals surface area contributed by atoms with Crippen LogP contribution in [0.2, 0.25) is 5.02 Å². The molecular weight excluding hydrogens is 524 g/mol. The van der Waals surface area contributed by atoms with Crippen LogP contribution in [0.3, 0.4) is 0 Å². The van der Waals surface area contributed by atoms with Crippen LogP contribution in [0, 0.1) is 0 Å². The van der Waals surface area contributed by atoms with Gasteiger partial charge in [0, 0.05) is 22.2 Å². The van der Waals surface area contributed by atoms with Crippen molar-refractivity contribution in [1.82, 2.24) is 4.57 Å². The second-order valence-corrected chi connectivity index (χ2v) is 10.1. The highest BCUT2D eigenvalue weighted by atomic mass is 35.5. The second-order valence-electron chi connectivity index (χ2n) is 8.66. The number of carbonyl (C=O) groups excluding carboxylic acids is 2. The van der Waals surface area contributed by atoms with Gasteiger partial charge in [0.05, 0.1) is 22.4 Å². The first-order valence-corrected chi connectivity index (χ1v) is 13.1. The molecule has 1 atom stereocenters. The fourth-order valence-electron chi connectivity index (χ4n) is 4.37. The third-order valence-electron chi connectivity index (χ3n) is 6.19. The third kappa shape index (κ3) is 4.68. The maximum atomic E-state index is 13.7. The van der Waals surface area contributed by atoms with Gasteiger partial charge in [0.25, 0.3) is 5.56 Å². The number of Topliss-reactive ketones (excluding diaryl/α,β-unsaturated/α-hetero) is 1. The number of rotatable bonds is 6. The SMILES string of the molecule is CCOC(=O)C1=C(C)N=c2s/c(=C\c3ccc(-c4ccc(C(C)=O)cc4)o3)c(=O)n2C1c1ccccc1Cl. The van der Waals surface area contributed by atoms with E-state index < -0.39 is 12.0 Å². The highest BCUT2D eigenvalue weighted by Gasteiger charge is 2.34. The van der Waals surface area contributed by atoms with Crippen LogP contribution >= 0.6 is 22.9 Å². The molecule has 0 spiro atoms. The highest BCUT2D eigenvalue weighted by molar-refractivity contribution is 7.07. The van der Waals surface area contributed by atoms with Crippen molar-refractivity contribution in [2.24, 2.45) is 4.99 Å². The first-order chi connectivity index (χ1) is 18.3. The molecule has 1 unspecified atom stereocenters. The maximum absolute atomic E-state index is 13.7. The number of ether oxygens (including phenoxy) is 1. The number of carbonyl (C=O) groups is 2. The van der Waals surface area contributed by atoms with Gasteiger partial charge in [0.2, 0.25) is 0 Å². The number of hydrogen-bond donors (Lipinski definition) is 0. The summed E-state index contributed by atoms with van der Waals surface area (Å²) in [7, 11) is 0. The van der Waals surface area contributed by atoms with E-state index >= 15 is 0 Å². The summed E-state index contributed by atoms with van der Waals surface area (Å²) in [4.78, 5) is 43.3. The topological polar surface area (TPSA) is 90.9 Å². The summed E-state index contributed by atoms with van der Waals surface area (Å²) < 4.78 is 13.2. The minimum absolute atomic E-state index is 0.0106. The molecule has 192 valence electrons. The van der Waals surface area contributed by atoms with E-state index in [1.54, 1.807) is 62.4 Å². The molecule has 1 aliphatic rings. The van der Waals surface area contributed by atoms with Crippen molar-refractivity contribution in [1.29, 1.82) is 0 Å². The van der Waals surface area contributed by atoms with Gasteiger partial charge in [-0.15, -0.1) is 0 Å².